The third-order valence-corrected chi connectivity index (χ3v) is 8.18. The molecule has 3 rings (SSSR count). The highest BCUT2D eigenvalue weighted by Crippen LogP contribution is 2.39. The maximum absolute atomic E-state index is 13.2. The van der Waals surface area contributed by atoms with Gasteiger partial charge in [0.05, 0.1) is 5.69 Å². The Morgan fingerprint density at radius 1 is 0.879 bits per heavy atom. The number of benzene rings is 1. The molecule has 2 aliphatic rings. The first kappa shape index (κ1) is 26.1. The van der Waals surface area contributed by atoms with Crippen LogP contribution in [0.15, 0.2) is 29.2 Å². The molecule has 0 saturated carbocycles. The molecular formula is C27H43N3O2S. The van der Waals surface area contributed by atoms with Gasteiger partial charge in [-0.15, -0.1) is 11.8 Å². The summed E-state index contributed by atoms with van der Waals surface area (Å²) in [5.74, 6) is -0.0875. The van der Waals surface area contributed by atoms with Crippen LogP contribution in [-0.2, 0) is 9.59 Å². The zero-order valence-corrected chi connectivity index (χ0v) is 21.6. The van der Waals surface area contributed by atoms with Crippen LogP contribution >= 0.6 is 11.8 Å². The number of thioether (sulfide) groups is 1. The number of carbonyl (C=O) groups is 2. The Labute approximate surface area is 205 Å². The summed E-state index contributed by atoms with van der Waals surface area (Å²) in [6.07, 6.45) is 13.6. The topological polar surface area (TPSA) is 43.9 Å². The molecule has 0 spiro atoms. The van der Waals surface area contributed by atoms with Crippen molar-refractivity contribution in [3.63, 3.8) is 0 Å². The number of piperazine rings is 1. The zero-order chi connectivity index (χ0) is 23.5. The fourth-order valence-electron chi connectivity index (χ4n) is 4.88. The molecule has 184 valence electrons. The molecule has 1 fully saturated rings. The molecule has 2 heterocycles. The molecule has 33 heavy (non-hydrogen) atoms. The second-order valence-electron chi connectivity index (χ2n) is 9.40. The quantitative estimate of drug-likeness (QED) is 0.277. The number of unbranched alkanes of at least 4 members (excludes halogenated alkanes) is 9. The average Bonchev–Trinajstić information content (AvgIpc) is 2.85. The van der Waals surface area contributed by atoms with Gasteiger partial charge in [0.25, 0.3) is 0 Å². The van der Waals surface area contributed by atoms with Crippen LogP contribution < -0.4 is 4.90 Å². The normalized spacial score (nSPS) is 19.1. The first-order valence-electron chi connectivity index (χ1n) is 13.2. The van der Waals surface area contributed by atoms with Crippen LogP contribution in [-0.4, -0.2) is 66.1 Å². The van der Waals surface area contributed by atoms with Crippen molar-refractivity contribution in [2.45, 2.75) is 88.2 Å². The van der Waals surface area contributed by atoms with E-state index in [9.17, 15) is 9.59 Å². The molecule has 0 N–H and O–H groups in total. The van der Waals surface area contributed by atoms with E-state index in [-0.39, 0.29) is 11.8 Å². The number of para-hydroxylation sites is 1. The van der Waals surface area contributed by atoms with Crippen LogP contribution in [0.2, 0.25) is 0 Å². The number of fused-ring (bicyclic) bond motifs is 1. The Morgan fingerprint density at radius 2 is 1.48 bits per heavy atom. The van der Waals surface area contributed by atoms with Gasteiger partial charge >= 0.3 is 0 Å². The summed E-state index contributed by atoms with van der Waals surface area (Å²) >= 11 is 1.42. The van der Waals surface area contributed by atoms with Crippen LogP contribution in [0.25, 0.3) is 0 Å². The molecule has 2 aliphatic heterocycles. The average molecular weight is 474 g/mol. The number of hydrogen-bond donors (Lipinski definition) is 0. The van der Waals surface area contributed by atoms with E-state index in [1.165, 1.54) is 76.0 Å². The lowest BCUT2D eigenvalue weighted by Crippen LogP contribution is -2.55. The van der Waals surface area contributed by atoms with Gasteiger partial charge < -0.3 is 9.80 Å². The second kappa shape index (κ2) is 14.0. The number of carbonyl (C=O) groups excluding carboxylic acids is 2. The van der Waals surface area contributed by atoms with E-state index in [2.05, 4.69) is 11.8 Å². The Kier molecular flexibility index (Phi) is 11.1. The zero-order valence-electron chi connectivity index (χ0n) is 20.8. The number of hydrogen-bond acceptors (Lipinski definition) is 4. The molecule has 1 aromatic rings. The predicted molar refractivity (Wildman–Crippen MR) is 139 cm³/mol. The molecule has 1 saturated heterocycles. The van der Waals surface area contributed by atoms with Crippen molar-refractivity contribution in [1.29, 1.82) is 0 Å². The summed E-state index contributed by atoms with van der Waals surface area (Å²) < 4.78 is 0. The van der Waals surface area contributed by atoms with Crippen molar-refractivity contribution in [2.24, 2.45) is 0 Å². The standard InChI is InChI=1S/C27H43N3O2S/c1-3-5-6-7-8-9-10-11-12-15-18-28-19-21-29(22-20-28)26(31)25-27(32)30(4-2)23-16-13-14-17-24(23)33-25/h13-14,16-17,25H,3-12,15,18-22H2,1-2H3. The summed E-state index contributed by atoms with van der Waals surface area (Å²) in [5.41, 5.74) is 0.931. The van der Waals surface area contributed by atoms with Gasteiger partial charge in [0.15, 0.2) is 5.25 Å². The third-order valence-electron chi connectivity index (χ3n) is 6.94. The summed E-state index contributed by atoms with van der Waals surface area (Å²) in [6, 6.07) is 7.91. The monoisotopic (exact) mass is 473 g/mol. The smallest absolute Gasteiger partial charge is 0.250 e. The van der Waals surface area contributed by atoms with Gasteiger partial charge in [-0.25, -0.2) is 0 Å². The van der Waals surface area contributed by atoms with E-state index in [0.29, 0.717) is 6.54 Å². The molecule has 0 radical (unpaired) electrons. The van der Waals surface area contributed by atoms with Gasteiger partial charge in [-0.05, 0) is 32.0 Å². The van der Waals surface area contributed by atoms with Gasteiger partial charge in [0.1, 0.15) is 0 Å². The highest BCUT2D eigenvalue weighted by Gasteiger charge is 2.40. The van der Waals surface area contributed by atoms with Gasteiger partial charge in [-0.3, -0.25) is 14.5 Å². The van der Waals surface area contributed by atoms with E-state index in [4.69, 9.17) is 0 Å². The Hall–Kier alpha value is -1.53. The molecule has 0 aliphatic carbocycles. The molecule has 0 bridgehead atoms. The highest BCUT2D eigenvalue weighted by molar-refractivity contribution is 8.01. The van der Waals surface area contributed by atoms with Gasteiger partial charge in [0, 0.05) is 37.6 Å². The van der Waals surface area contributed by atoms with Crippen molar-refractivity contribution in [3.8, 4) is 0 Å². The molecule has 1 aromatic carbocycles. The lowest BCUT2D eigenvalue weighted by molar-refractivity contribution is -0.136. The molecule has 2 amide bonds. The fourth-order valence-corrected chi connectivity index (χ4v) is 6.07. The maximum atomic E-state index is 13.2. The number of anilines is 1. The second-order valence-corrected chi connectivity index (χ2v) is 10.5. The number of amides is 2. The Balaban J connectivity index is 1.34. The van der Waals surface area contributed by atoms with Gasteiger partial charge in [-0.1, -0.05) is 76.8 Å². The van der Waals surface area contributed by atoms with Crippen LogP contribution in [0.4, 0.5) is 5.69 Å². The largest absolute Gasteiger partial charge is 0.339 e. The highest BCUT2D eigenvalue weighted by atomic mass is 32.2. The molecule has 1 atom stereocenters. The Morgan fingerprint density at radius 3 is 2.12 bits per heavy atom. The summed E-state index contributed by atoms with van der Waals surface area (Å²) in [4.78, 5) is 33.4. The Bertz CT molecular complexity index is 749. The van der Waals surface area contributed by atoms with Crippen molar-refractivity contribution >= 4 is 29.3 Å². The van der Waals surface area contributed by atoms with Gasteiger partial charge in [0.2, 0.25) is 11.8 Å². The van der Waals surface area contributed by atoms with Crippen molar-refractivity contribution in [1.82, 2.24) is 9.80 Å². The molecule has 6 heteroatoms. The molecular weight excluding hydrogens is 430 g/mol. The van der Waals surface area contributed by atoms with Gasteiger partial charge in [-0.2, -0.15) is 0 Å². The molecule has 1 unspecified atom stereocenters. The van der Waals surface area contributed by atoms with Crippen molar-refractivity contribution in [2.75, 3.05) is 44.2 Å². The maximum Gasteiger partial charge on any atom is 0.250 e. The molecule has 5 nitrogen and oxygen atoms in total. The van der Waals surface area contributed by atoms with Crippen LogP contribution in [0.1, 0.15) is 78.1 Å². The third kappa shape index (κ3) is 7.48. The van der Waals surface area contributed by atoms with Crippen LogP contribution in [0, 0.1) is 0 Å². The minimum atomic E-state index is -0.645. The number of nitrogens with zero attached hydrogens (tertiary/aromatic N) is 3. The van der Waals surface area contributed by atoms with E-state index in [1.54, 1.807) is 4.90 Å². The summed E-state index contributed by atoms with van der Waals surface area (Å²) in [6.45, 7) is 9.26. The van der Waals surface area contributed by atoms with E-state index in [0.717, 1.165) is 43.3 Å². The first-order valence-corrected chi connectivity index (χ1v) is 14.1. The minimum Gasteiger partial charge on any atom is -0.339 e. The fraction of sp³-hybridized carbons (Fsp3) is 0.704. The van der Waals surface area contributed by atoms with Crippen LogP contribution in [0.3, 0.4) is 0 Å². The molecule has 0 aromatic heterocycles. The number of rotatable bonds is 13. The summed E-state index contributed by atoms with van der Waals surface area (Å²) in [5, 5.41) is -0.645. The van der Waals surface area contributed by atoms with Crippen molar-refractivity contribution in [3.05, 3.63) is 24.3 Å². The van der Waals surface area contributed by atoms with Crippen molar-refractivity contribution < 1.29 is 9.59 Å². The predicted octanol–water partition coefficient (Wildman–Crippen LogP) is 5.58. The lowest BCUT2D eigenvalue weighted by Gasteiger charge is -2.38. The van der Waals surface area contributed by atoms with Crippen LogP contribution in [0.5, 0.6) is 0 Å². The summed E-state index contributed by atoms with van der Waals surface area (Å²) in [7, 11) is 0. The lowest BCUT2D eigenvalue weighted by atomic mass is 10.1. The van der Waals surface area contributed by atoms with E-state index < -0.39 is 5.25 Å². The van der Waals surface area contributed by atoms with E-state index >= 15 is 0 Å². The minimum absolute atomic E-state index is 0.0171. The SMILES string of the molecule is CCCCCCCCCCCCN1CCN(C(=O)C2Sc3ccccc3N(CC)C2=O)CC1. The van der Waals surface area contributed by atoms with E-state index in [1.807, 2.05) is 36.1 Å². The first-order chi connectivity index (χ1) is 16.2.